The summed E-state index contributed by atoms with van der Waals surface area (Å²) in [5.74, 6) is 1.31. The van der Waals surface area contributed by atoms with E-state index in [1.807, 2.05) is 62.4 Å². The van der Waals surface area contributed by atoms with Crippen molar-refractivity contribution in [1.29, 1.82) is 0 Å². The molecule has 0 atom stereocenters. The highest BCUT2D eigenvalue weighted by Crippen LogP contribution is 2.36. The van der Waals surface area contributed by atoms with E-state index >= 15 is 0 Å². The number of carbonyl (C=O) groups is 1. The molecular weight excluding hydrogens is 632 g/mol. The average Bonchev–Trinajstić information content (AvgIpc) is 2.87. The number of anilines is 1. The number of carbonyl (C=O) groups excluding carboxylic acids is 1. The topological polar surface area (TPSA) is 70.6 Å². The number of halogens is 3. The molecule has 38 heavy (non-hydrogen) atoms. The number of hydrogen-bond acceptors (Lipinski definition) is 3. The quantitative estimate of drug-likeness (QED) is 0.227. The summed E-state index contributed by atoms with van der Waals surface area (Å²) in [7, 11) is 0. The third-order valence-corrected chi connectivity index (χ3v) is 8.39. The van der Waals surface area contributed by atoms with Crippen LogP contribution >= 0.6 is 43.5 Å². The lowest BCUT2D eigenvalue weighted by molar-refractivity contribution is -0.00572. The van der Waals surface area contributed by atoms with Crippen LogP contribution in [0.4, 0.5) is 10.5 Å². The Kier molecular flexibility index (Phi) is 9.79. The minimum Gasteiger partial charge on any atom is -0.489 e. The molecule has 0 aromatic heterocycles. The van der Waals surface area contributed by atoms with Gasteiger partial charge in [0.2, 0.25) is 0 Å². The molecule has 1 fully saturated rings. The van der Waals surface area contributed by atoms with Crippen molar-refractivity contribution >= 4 is 55.2 Å². The standard InChI is InChI=1S/C30H33Br2ClN2O3/c1-19-13-25(32)14-20(2)28(19)35-29(36)34-18-30(37)11-9-21(10-12-30)15-23-16-24(31)5-8-27(23)38-17-22-3-6-26(33)7-4-22/h3-8,13-14,16,21,37H,9-12,15,17-18H2,1-2H3,(H2,34,35,36). The summed E-state index contributed by atoms with van der Waals surface area (Å²) in [4.78, 5) is 12.6. The first kappa shape index (κ1) is 28.9. The van der Waals surface area contributed by atoms with Crippen molar-refractivity contribution in [2.75, 3.05) is 11.9 Å². The summed E-state index contributed by atoms with van der Waals surface area (Å²) in [5, 5.41) is 17.7. The van der Waals surface area contributed by atoms with Crippen LogP contribution in [-0.2, 0) is 13.0 Å². The second-order valence-electron chi connectivity index (χ2n) is 10.3. The van der Waals surface area contributed by atoms with Crippen LogP contribution in [0.2, 0.25) is 5.02 Å². The highest BCUT2D eigenvalue weighted by Gasteiger charge is 2.34. The predicted molar refractivity (Wildman–Crippen MR) is 161 cm³/mol. The molecule has 3 aromatic carbocycles. The van der Waals surface area contributed by atoms with E-state index in [2.05, 4.69) is 48.6 Å². The van der Waals surface area contributed by atoms with E-state index in [0.717, 1.165) is 61.9 Å². The van der Waals surface area contributed by atoms with E-state index < -0.39 is 5.60 Å². The predicted octanol–water partition coefficient (Wildman–Crippen LogP) is 8.35. The molecule has 0 aliphatic heterocycles. The van der Waals surface area contributed by atoms with Gasteiger partial charge in [-0.3, -0.25) is 0 Å². The van der Waals surface area contributed by atoms with Crippen LogP contribution in [0.25, 0.3) is 0 Å². The number of aliphatic hydroxyl groups is 1. The maximum atomic E-state index is 12.6. The molecule has 2 amide bonds. The van der Waals surface area contributed by atoms with Crippen molar-refractivity contribution in [3.63, 3.8) is 0 Å². The fraction of sp³-hybridized carbons (Fsp3) is 0.367. The maximum Gasteiger partial charge on any atom is 0.319 e. The summed E-state index contributed by atoms with van der Waals surface area (Å²) in [5.41, 5.74) is 4.08. The van der Waals surface area contributed by atoms with Gasteiger partial charge >= 0.3 is 6.03 Å². The molecule has 1 aliphatic carbocycles. The van der Waals surface area contributed by atoms with Crippen LogP contribution in [-0.4, -0.2) is 23.3 Å². The van der Waals surface area contributed by atoms with Gasteiger partial charge in [-0.15, -0.1) is 0 Å². The summed E-state index contributed by atoms with van der Waals surface area (Å²) in [6.45, 7) is 4.62. The van der Waals surface area contributed by atoms with E-state index in [4.69, 9.17) is 16.3 Å². The Balaban J connectivity index is 1.29. The smallest absolute Gasteiger partial charge is 0.319 e. The Hall–Kier alpha value is -2.06. The SMILES string of the molecule is Cc1cc(Br)cc(C)c1NC(=O)NCC1(O)CCC(Cc2cc(Br)ccc2OCc2ccc(Cl)cc2)CC1. The van der Waals surface area contributed by atoms with E-state index in [0.29, 0.717) is 30.4 Å². The zero-order valence-electron chi connectivity index (χ0n) is 21.6. The number of rotatable bonds is 8. The summed E-state index contributed by atoms with van der Waals surface area (Å²) in [6, 6.07) is 17.4. The van der Waals surface area contributed by atoms with Gasteiger partial charge in [0.1, 0.15) is 12.4 Å². The molecule has 1 saturated carbocycles. The van der Waals surface area contributed by atoms with Gasteiger partial charge in [-0.2, -0.15) is 0 Å². The fourth-order valence-electron chi connectivity index (χ4n) is 5.01. The molecular formula is C30H33Br2ClN2O3. The van der Waals surface area contributed by atoms with E-state index in [-0.39, 0.29) is 12.6 Å². The maximum absolute atomic E-state index is 12.6. The fourth-order valence-corrected chi connectivity index (χ4v) is 6.23. The Labute approximate surface area is 246 Å². The van der Waals surface area contributed by atoms with Gasteiger partial charge in [-0.1, -0.05) is 55.6 Å². The summed E-state index contributed by atoms with van der Waals surface area (Å²) < 4.78 is 8.17. The Morgan fingerprint density at radius 3 is 2.34 bits per heavy atom. The molecule has 3 aromatic rings. The van der Waals surface area contributed by atoms with Gasteiger partial charge < -0.3 is 20.5 Å². The third kappa shape index (κ3) is 7.98. The van der Waals surface area contributed by atoms with Crippen LogP contribution in [0.3, 0.4) is 0 Å². The Morgan fingerprint density at radius 1 is 1.03 bits per heavy atom. The van der Waals surface area contributed by atoms with Crippen LogP contribution in [0, 0.1) is 19.8 Å². The first-order valence-corrected chi connectivity index (χ1v) is 14.8. The molecule has 202 valence electrons. The van der Waals surface area contributed by atoms with Crippen LogP contribution in [0.5, 0.6) is 5.75 Å². The molecule has 8 heteroatoms. The molecule has 1 aliphatic rings. The molecule has 0 radical (unpaired) electrons. The van der Waals surface area contributed by atoms with Crippen molar-refractivity contribution in [2.45, 2.75) is 58.2 Å². The molecule has 0 unspecified atom stereocenters. The van der Waals surface area contributed by atoms with Gasteiger partial charge in [-0.05, 0) is 117 Å². The van der Waals surface area contributed by atoms with E-state index in [1.54, 1.807) is 0 Å². The van der Waals surface area contributed by atoms with Gasteiger partial charge in [-0.25, -0.2) is 4.79 Å². The van der Waals surface area contributed by atoms with Crippen molar-refractivity contribution < 1.29 is 14.6 Å². The first-order chi connectivity index (χ1) is 18.1. The largest absolute Gasteiger partial charge is 0.489 e. The molecule has 3 N–H and O–H groups in total. The van der Waals surface area contributed by atoms with E-state index in [1.165, 1.54) is 0 Å². The lowest BCUT2D eigenvalue weighted by atomic mass is 9.76. The van der Waals surface area contributed by atoms with Gasteiger partial charge in [0, 0.05) is 26.2 Å². The second kappa shape index (κ2) is 12.9. The van der Waals surface area contributed by atoms with Crippen LogP contribution in [0.15, 0.2) is 63.5 Å². The van der Waals surface area contributed by atoms with Crippen molar-refractivity contribution in [2.24, 2.45) is 5.92 Å². The van der Waals surface area contributed by atoms with Crippen LogP contribution < -0.4 is 15.4 Å². The molecule has 0 saturated heterocycles. The zero-order valence-corrected chi connectivity index (χ0v) is 25.5. The minimum absolute atomic E-state index is 0.229. The number of hydrogen-bond donors (Lipinski definition) is 3. The third-order valence-electron chi connectivity index (χ3n) is 7.19. The van der Waals surface area contributed by atoms with Gasteiger partial charge in [0.25, 0.3) is 0 Å². The lowest BCUT2D eigenvalue weighted by Gasteiger charge is -2.36. The van der Waals surface area contributed by atoms with Crippen LogP contribution in [0.1, 0.15) is 47.9 Å². The average molecular weight is 665 g/mol. The number of ether oxygens (including phenoxy) is 1. The number of urea groups is 1. The monoisotopic (exact) mass is 662 g/mol. The number of nitrogens with one attached hydrogen (secondary N) is 2. The van der Waals surface area contributed by atoms with Crippen molar-refractivity contribution in [3.8, 4) is 5.75 Å². The molecule has 5 nitrogen and oxygen atoms in total. The molecule has 0 spiro atoms. The Morgan fingerprint density at radius 2 is 1.68 bits per heavy atom. The zero-order chi connectivity index (χ0) is 27.3. The lowest BCUT2D eigenvalue weighted by Crippen LogP contribution is -2.46. The van der Waals surface area contributed by atoms with Crippen molar-refractivity contribution in [1.82, 2.24) is 5.32 Å². The molecule has 4 rings (SSSR count). The molecule has 0 heterocycles. The first-order valence-electron chi connectivity index (χ1n) is 12.8. The van der Waals surface area contributed by atoms with Crippen molar-refractivity contribution in [3.05, 3.63) is 90.8 Å². The minimum atomic E-state index is -0.900. The summed E-state index contributed by atoms with van der Waals surface area (Å²) in [6.07, 6.45) is 3.93. The number of aryl methyl sites for hydroxylation is 2. The second-order valence-corrected chi connectivity index (χ2v) is 12.5. The van der Waals surface area contributed by atoms with Gasteiger partial charge in [0.15, 0.2) is 0 Å². The summed E-state index contributed by atoms with van der Waals surface area (Å²) >= 11 is 13.1. The molecule has 0 bridgehead atoms. The number of amides is 2. The van der Waals surface area contributed by atoms with E-state index in [9.17, 15) is 9.90 Å². The Bertz CT molecular complexity index is 1250. The number of benzene rings is 3. The highest BCUT2D eigenvalue weighted by atomic mass is 79.9. The highest BCUT2D eigenvalue weighted by molar-refractivity contribution is 9.10. The normalized spacial score (nSPS) is 19.2. The van der Waals surface area contributed by atoms with Gasteiger partial charge in [0.05, 0.1) is 5.60 Å².